The molecule has 1 aliphatic heterocycles. The van der Waals surface area contributed by atoms with Gasteiger partial charge in [0.25, 0.3) is 3.92 Å². The van der Waals surface area contributed by atoms with E-state index in [0.29, 0.717) is 10.8 Å². The number of benzene rings is 1. The van der Waals surface area contributed by atoms with Crippen molar-refractivity contribution >= 4 is 52.5 Å². The molecule has 0 amide bonds. The molecule has 0 unspecified atom stereocenters. The van der Waals surface area contributed by atoms with Crippen LogP contribution in [0.25, 0.3) is 6.08 Å². The van der Waals surface area contributed by atoms with Crippen molar-refractivity contribution in [1.82, 2.24) is 10.6 Å². The van der Waals surface area contributed by atoms with Crippen LogP contribution in [-0.4, -0.2) is 9.09 Å². The van der Waals surface area contributed by atoms with E-state index in [1.165, 1.54) is 0 Å². The summed E-state index contributed by atoms with van der Waals surface area (Å²) >= 11 is 22.7. The quantitative estimate of drug-likeness (QED) is 0.649. The van der Waals surface area contributed by atoms with E-state index in [1.54, 1.807) is 24.4 Å². The van der Waals surface area contributed by atoms with Crippen molar-refractivity contribution in [2.24, 2.45) is 0 Å². The second-order valence-corrected chi connectivity index (χ2v) is 6.07. The van der Waals surface area contributed by atoms with Crippen LogP contribution < -0.4 is 5.43 Å². The third-order valence-electron chi connectivity index (χ3n) is 2.06. The van der Waals surface area contributed by atoms with Gasteiger partial charge in [-0.3, -0.25) is 5.43 Å². The Morgan fingerprint density at radius 2 is 1.78 bits per heavy atom. The van der Waals surface area contributed by atoms with Crippen LogP contribution in [0.4, 0.5) is 0 Å². The normalized spacial score (nSPS) is 16.6. The highest BCUT2D eigenvalue weighted by molar-refractivity contribution is 6.67. The lowest BCUT2D eigenvalue weighted by Crippen LogP contribution is -2.39. The van der Waals surface area contributed by atoms with Gasteiger partial charge in [-0.25, -0.2) is 0 Å². The SMILES string of the molecule is Clc1ccc(C=CC2=CNN(C(Cl)(Cl)Cl)O2)cc1. The number of hydrazine groups is 1. The van der Waals surface area contributed by atoms with E-state index in [1.807, 2.05) is 18.2 Å². The Labute approximate surface area is 124 Å². The standard InChI is InChI=1S/C11H8Cl4N2O/c12-9-4-1-8(2-5-9)3-6-10-7-16-17(18-10)11(13,14)15/h1-7,16H. The molecule has 0 atom stereocenters. The Morgan fingerprint density at radius 3 is 2.33 bits per heavy atom. The summed E-state index contributed by atoms with van der Waals surface area (Å²) in [5.41, 5.74) is 3.66. The summed E-state index contributed by atoms with van der Waals surface area (Å²) in [6.45, 7) is 0. The first-order valence-electron chi connectivity index (χ1n) is 4.90. The molecule has 0 saturated heterocycles. The average molecular weight is 326 g/mol. The molecule has 96 valence electrons. The Morgan fingerprint density at radius 1 is 1.11 bits per heavy atom. The van der Waals surface area contributed by atoms with Crippen molar-refractivity contribution < 1.29 is 4.84 Å². The van der Waals surface area contributed by atoms with Crippen molar-refractivity contribution in [3.63, 3.8) is 0 Å². The van der Waals surface area contributed by atoms with Crippen molar-refractivity contribution in [2.45, 2.75) is 3.92 Å². The van der Waals surface area contributed by atoms with Gasteiger partial charge in [-0.1, -0.05) is 64.6 Å². The Kier molecular flexibility index (Phi) is 4.30. The second-order valence-electron chi connectivity index (χ2n) is 3.41. The molecule has 18 heavy (non-hydrogen) atoms. The smallest absolute Gasteiger partial charge is 0.299 e. The van der Waals surface area contributed by atoms with E-state index in [9.17, 15) is 0 Å². The van der Waals surface area contributed by atoms with Crippen LogP contribution in [0, 0.1) is 0 Å². The van der Waals surface area contributed by atoms with Crippen LogP contribution in [0.2, 0.25) is 5.02 Å². The lowest BCUT2D eigenvalue weighted by molar-refractivity contribution is -0.127. The Hall–Kier alpha value is -0.580. The van der Waals surface area contributed by atoms with Crippen molar-refractivity contribution in [3.8, 4) is 0 Å². The molecule has 1 heterocycles. The first-order chi connectivity index (χ1) is 8.45. The van der Waals surface area contributed by atoms with Gasteiger partial charge in [0, 0.05) is 5.02 Å². The number of halogens is 4. The van der Waals surface area contributed by atoms with Gasteiger partial charge in [0.2, 0.25) is 0 Å². The summed E-state index contributed by atoms with van der Waals surface area (Å²) in [7, 11) is 0. The number of nitrogens with one attached hydrogen (secondary N) is 1. The minimum absolute atomic E-state index is 0.524. The number of allylic oxidation sites excluding steroid dienone is 1. The molecule has 0 bridgehead atoms. The molecule has 0 radical (unpaired) electrons. The van der Waals surface area contributed by atoms with E-state index in [-0.39, 0.29) is 0 Å². The van der Waals surface area contributed by atoms with Crippen LogP contribution in [0.3, 0.4) is 0 Å². The molecule has 1 aromatic carbocycles. The highest BCUT2D eigenvalue weighted by atomic mass is 35.6. The van der Waals surface area contributed by atoms with Gasteiger partial charge in [0.05, 0.1) is 6.20 Å². The van der Waals surface area contributed by atoms with E-state index in [4.69, 9.17) is 51.2 Å². The van der Waals surface area contributed by atoms with E-state index in [2.05, 4.69) is 5.43 Å². The molecule has 0 fully saturated rings. The van der Waals surface area contributed by atoms with Crippen LogP contribution in [0.15, 0.2) is 42.3 Å². The fourth-order valence-corrected chi connectivity index (χ4v) is 1.61. The number of hydrogen-bond donors (Lipinski definition) is 1. The highest BCUT2D eigenvalue weighted by Crippen LogP contribution is 2.32. The van der Waals surface area contributed by atoms with Gasteiger partial charge >= 0.3 is 0 Å². The molecule has 1 aliphatic rings. The van der Waals surface area contributed by atoms with E-state index >= 15 is 0 Å². The predicted molar refractivity (Wildman–Crippen MR) is 74.9 cm³/mol. The lowest BCUT2D eigenvalue weighted by Gasteiger charge is -2.22. The molecular weight excluding hydrogens is 318 g/mol. The van der Waals surface area contributed by atoms with Gasteiger partial charge in [-0.2, -0.15) is 0 Å². The van der Waals surface area contributed by atoms with Crippen LogP contribution in [0.1, 0.15) is 5.56 Å². The fraction of sp³-hybridized carbons (Fsp3) is 0.0909. The molecule has 2 rings (SSSR count). The number of hydroxylamine groups is 1. The zero-order chi connectivity index (χ0) is 13.2. The van der Waals surface area contributed by atoms with Gasteiger partial charge in [0.1, 0.15) is 0 Å². The number of alkyl halides is 3. The molecule has 7 heteroatoms. The monoisotopic (exact) mass is 324 g/mol. The van der Waals surface area contributed by atoms with E-state index in [0.717, 1.165) is 10.7 Å². The minimum atomic E-state index is -1.67. The third-order valence-corrected chi connectivity index (χ3v) is 2.77. The van der Waals surface area contributed by atoms with E-state index < -0.39 is 3.92 Å². The molecule has 1 N–H and O–H groups in total. The Bertz CT molecular complexity index is 479. The van der Waals surface area contributed by atoms with Gasteiger partial charge in [0.15, 0.2) is 5.76 Å². The Balaban J connectivity index is 1.97. The summed E-state index contributed by atoms with van der Waals surface area (Å²) in [5.74, 6) is 0.524. The van der Waals surface area contributed by atoms with Gasteiger partial charge < -0.3 is 4.84 Å². The number of hydrogen-bond acceptors (Lipinski definition) is 3. The maximum absolute atomic E-state index is 5.79. The van der Waals surface area contributed by atoms with Crippen LogP contribution in [0.5, 0.6) is 0 Å². The molecule has 0 saturated carbocycles. The van der Waals surface area contributed by atoms with Gasteiger partial charge in [-0.05, 0) is 28.9 Å². The summed E-state index contributed by atoms with van der Waals surface area (Å²) in [5, 5.41) is 1.70. The fourth-order valence-electron chi connectivity index (χ4n) is 1.24. The first kappa shape index (κ1) is 13.8. The van der Waals surface area contributed by atoms with Crippen LogP contribution in [-0.2, 0) is 4.84 Å². The molecule has 0 spiro atoms. The summed E-state index contributed by atoms with van der Waals surface area (Å²) in [6, 6.07) is 7.37. The summed E-state index contributed by atoms with van der Waals surface area (Å²) < 4.78 is -1.67. The highest BCUT2D eigenvalue weighted by Gasteiger charge is 2.34. The zero-order valence-corrected chi connectivity index (χ0v) is 11.9. The maximum atomic E-state index is 5.79. The van der Waals surface area contributed by atoms with Crippen molar-refractivity contribution in [3.05, 3.63) is 52.9 Å². The van der Waals surface area contributed by atoms with Crippen LogP contribution >= 0.6 is 46.4 Å². The summed E-state index contributed by atoms with van der Waals surface area (Å²) in [6.07, 6.45) is 5.17. The second kappa shape index (κ2) is 5.59. The summed E-state index contributed by atoms with van der Waals surface area (Å²) in [4.78, 5) is 5.25. The largest absolute Gasteiger partial charge is 0.380 e. The molecule has 3 nitrogen and oxygen atoms in total. The lowest BCUT2D eigenvalue weighted by atomic mass is 10.2. The zero-order valence-electron chi connectivity index (χ0n) is 8.91. The average Bonchev–Trinajstić information content (AvgIpc) is 2.77. The molecule has 1 aromatic rings. The molecule has 0 aromatic heterocycles. The molecular formula is C11H8Cl4N2O. The predicted octanol–water partition coefficient (Wildman–Crippen LogP) is 4.27. The van der Waals surface area contributed by atoms with Crippen molar-refractivity contribution in [1.29, 1.82) is 0 Å². The molecule has 0 aliphatic carbocycles. The third kappa shape index (κ3) is 3.70. The topological polar surface area (TPSA) is 24.5 Å². The number of nitrogens with zero attached hydrogens (tertiary/aromatic N) is 1. The first-order valence-corrected chi connectivity index (χ1v) is 6.41. The maximum Gasteiger partial charge on any atom is 0.299 e. The van der Waals surface area contributed by atoms with Gasteiger partial charge in [-0.15, -0.1) is 0 Å². The van der Waals surface area contributed by atoms with Crippen molar-refractivity contribution in [2.75, 3.05) is 0 Å². The minimum Gasteiger partial charge on any atom is -0.380 e. The number of rotatable bonds is 2.